The van der Waals surface area contributed by atoms with Crippen molar-refractivity contribution in [3.8, 4) is 22.4 Å². The first-order valence-corrected chi connectivity index (χ1v) is 23.6. The van der Waals surface area contributed by atoms with E-state index in [1.165, 1.54) is 12.1 Å². The van der Waals surface area contributed by atoms with E-state index in [0.717, 1.165) is 56.2 Å². The molecule has 0 unspecified atom stereocenters. The average molecular weight is 899 g/mol. The zero-order valence-electron chi connectivity index (χ0n) is 39.4. The van der Waals surface area contributed by atoms with Gasteiger partial charge in [-0.15, -0.1) is 0 Å². The molecule has 0 aliphatic rings. The van der Waals surface area contributed by atoms with Crippen LogP contribution in [0.4, 0.5) is 10.1 Å². The molecular formula is C56H71FN4O5. The quantitative estimate of drug-likeness (QED) is 0.0334. The fourth-order valence-electron chi connectivity index (χ4n) is 7.71. The Hall–Kier alpha value is -6.10. The van der Waals surface area contributed by atoms with E-state index in [0.29, 0.717) is 41.0 Å². The van der Waals surface area contributed by atoms with Crippen LogP contribution >= 0.6 is 0 Å². The summed E-state index contributed by atoms with van der Waals surface area (Å²) >= 11 is 0. The second-order valence-corrected chi connectivity index (χ2v) is 16.8. The lowest BCUT2D eigenvalue weighted by atomic mass is 9.94. The minimum atomic E-state index is -1.10. The van der Waals surface area contributed by atoms with Gasteiger partial charge in [0.15, 0.2) is 0 Å². The molecule has 9 nitrogen and oxygen atoms in total. The number of hydrogen-bond donors (Lipinski definition) is 4. The molecule has 0 radical (unpaired) electrons. The molecule has 352 valence electrons. The zero-order chi connectivity index (χ0) is 47.5. The number of hydrogen-bond acceptors (Lipinski definition) is 5. The van der Waals surface area contributed by atoms with Crippen molar-refractivity contribution in [2.24, 2.45) is 0 Å². The number of allylic oxidation sites excluding steroid dienone is 10. The zero-order valence-corrected chi connectivity index (χ0v) is 39.4. The van der Waals surface area contributed by atoms with E-state index in [-0.39, 0.29) is 61.8 Å². The van der Waals surface area contributed by atoms with E-state index >= 15 is 0 Å². The lowest BCUT2D eigenvalue weighted by Gasteiger charge is -2.21. The number of nitrogens with one attached hydrogen (secondary N) is 2. The molecule has 2 atom stereocenters. The number of amides is 3. The molecule has 10 heteroatoms. The SMILES string of the molecule is CC/C=C\C/C=C\C/C=C\C/C=C\C/C=C\CCCC(=O)N(C)CCNC(=O)C[C@H](O)C[C@H](O)CCn1c(-c2ccc(F)cc2)c(-c2ccccc2)c(C(=O)Nc2ccccc2)c1C(C)C. The predicted molar refractivity (Wildman–Crippen MR) is 269 cm³/mol. The molecule has 0 aliphatic carbocycles. The molecule has 66 heavy (non-hydrogen) atoms. The smallest absolute Gasteiger partial charge is 0.258 e. The van der Waals surface area contributed by atoms with Crippen molar-refractivity contribution in [3.05, 3.63) is 163 Å². The van der Waals surface area contributed by atoms with Crippen LogP contribution in [0.2, 0.25) is 0 Å². The summed E-state index contributed by atoms with van der Waals surface area (Å²) in [4.78, 5) is 41.4. The first kappa shape index (κ1) is 52.5. The number of nitrogens with zero attached hydrogens (tertiary/aromatic N) is 2. The first-order valence-electron chi connectivity index (χ1n) is 23.6. The summed E-state index contributed by atoms with van der Waals surface area (Å²) in [6.07, 6.45) is 26.3. The summed E-state index contributed by atoms with van der Waals surface area (Å²) in [5, 5.41) is 28.0. The molecule has 4 aromatic rings. The largest absolute Gasteiger partial charge is 0.393 e. The highest BCUT2D eigenvalue weighted by Gasteiger charge is 2.31. The Morgan fingerprint density at radius 1 is 0.742 bits per heavy atom. The van der Waals surface area contributed by atoms with Gasteiger partial charge in [-0.3, -0.25) is 14.4 Å². The van der Waals surface area contributed by atoms with E-state index in [1.54, 1.807) is 24.1 Å². The van der Waals surface area contributed by atoms with Crippen molar-refractivity contribution < 1.29 is 29.0 Å². The van der Waals surface area contributed by atoms with Gasteiger partial charge in [0.1, 0.15) is 5.82 Å². The number of anilines is 1. The number of aliphatic hydroxyl groups is 2. The molecule has 0 saturated carbocycles. The maximum atomic E-state index is 14.3. The maximum Gasteiger partial charge on any atom is 0.258 e. The molecule has 1 aromatic heterocycles. The van der Waals surface area contributed by atoms with Crippen molar-refractivity contribution in [3.63, 3.8) is 0 Å². The number of likely N-dealkylation sites (N-methyl/N-ethyl adjacent to an activating group) is 1. The van der Waals surface area contributed by atoms with Gasteiger partial charge < -0.3 is 30.3 Å². The Kier molecular flexibility index (Phi) is 23.4. The monoisotopic (exact) mass is 899 g/mol. The third-order valence-electron chi connectivity index (χ3n) is 11.1. The van der Waals surface area contributed by atoms with Gasteiger partial charge in [-0.1, -0.05) is 130 Å². The Bertz CT molecular complexity index is 2220. The van der Waals surface area contributed by atoms with Gasteiger partial charge in [0.2, 0.25) is 11.8 Å². The molecule has 4 N–H and O–H groups in total. The summed E-state index contributed by atoms with van der Waals surface area (Å²) in [5.74, 6) is -1.18. The van der Waals surface area contributed by atoms with Gasteiger partial charge in [0.05, 0.1) is 29.9 Å². The highest BCUT2D eigenvalue weighted by molar-refractivity contribution is 6.12. The lowest BCUT2D eigenvalue weighted by Crippen LogP contribution is -2.37. The van der Waals surface area contributed by atoms with Crippen molar-refractivity contribution in [1.82, 2.24) is 14.8 Å². The normalized spacial score (nSPS) is 12.9. The van der Waals surface area contributed by atoms with Gasteiger partial charge in [-0.05, 0) is 111 Å². The van der Waals surface area contributed by atoms with Gasteiger partial charge >= 0.3 is 0 Å². The molecule has 3 aromatic carbocycles. The van der Waals surface area contributed by atoms with Crippen LogP contribution in [0.5, 0.6) is 0 Å². The molecular weight excluding hydrogens is 828 g/mol. The van der Waals surface area contributed by atoms with Gasteiger partial charge in [0.25, 0.3) is 5.91 Å². The molecule has 0 aliphatic heterocycles. The Morgan fingerprint density at radius 3 is 1.91 bits per heavy atom. The molecule has 1 heterocycles. The van der Waals surface area contributed by atoms with Crippen LogP contribution < -0.4 is 10.6 Å². The van der Waals surface area contributed by atoms with Gasteiger partial charge in [-0.2, -0.15) is 0 Å². The number of aromatic nitrogens is 1. The van der Waals surface area contributed by atoms with Gasteiger partial charge in [0, 0.05) is 50.0 Å². The molecule has 4 rings (SSSR count). The maximum absolute atomic E-state index is 14.3. The van der Waals surface area contributed by atoms with Crippen LogP contribution in [-0.2, 0) is 16.1 Å². The van der Waals surface area contributed by atoms with Crippen LogP contribution in [0.15, 0.2) is 146 Å². The first-order chi connectivity index (χ1) is 32.0. The average Bonchev–Trinajstić information content (AvgIpc) is 3.65. The number of benzene rings is 3. The van der Waals surface area contributed by atoms with E-state index in [2.05, 4.69) is 78.3 Å². The number of carbonyl (C=O) groups is 3. The second kappa shape index (κ2) is 29.4. The molecule has 0 saturated heterocycles. The molecule has 0 fully saturated rings. The van der Waals surface area contributed by atoms with Crippen molar-refractivity contribution in [2.45, 2.75) is 116 Å². The standard InChI is InChI=1S/C56H71FN4O5/c1-5-6-7-8-9-10-11-12-13-14-15-16-17-18-19-20-27-32-51(65)60(4)40-38-58-50(64)42-49(63)41-48(62)37-39-61-54(43(2)3)53(56(66)59-47-30-25-22-26-31-47)52(44-28-23-21-24-29-44)55(61)45-33-35-46(57)36-34-45/h6-7,9-10,12-13,15-16,18-19,21-26,28-31,33-36,43,48-49,62-63H,5,8,11,14,17,20,27,32,37-42H2,1-4H3,(H,58,64)(H,59,66)/b7-6-,10-9-,13-12-,16-15-,19-18-/t48-,49-/m1/s1. The van der Waals surface area contributed by atoms with E-state index in [9.17, 15) is 29.0 Å². The molecule has 0 bridgehead atoms. The summed E-state index contributed by atoms with van der Waals surface area (Å²) in [5.41, 5.74) is 4.80. The Morgan fingerprint density at radius 2 is 1.32 bits per heavy atom. The predicted octanol–water partition coefficient (Wildman–Crippen LogP) is 11.7. The van der Waals surface area contributed by atoms with Crippen LogP contribution in [0.1, 0.15) is 113 Å². The minimum absolute atomic E-state index is 0.00509. The number of carbonyl (C=O) groups excluding carboxylic acids is 3. The van der Waals surface area contributed by atoms with Crippen molar-refractivity contribution in [2.75, 3.05) is 25.5 Å². The van der Waals surface area contributed by atoms with Crippen LogP contribution in [-0.4, -0.2) is 69.7 Å². The highest BCUT2D eigenvalue weighted by Crippen LogP contribution is 2.42. The van der Waals surface area contributed by atoms with Crippen LogP contribution in [0.3, 0.4) is 0 Å². The lowest BCUT2D eigenvalue weighted by molar-refractivity contribution is -0.130. The Labute approximate surface area is 392 Å². The van der Waals surface area contributed by atoms with Crippen molar-refractivity contribution in [1.29, 1.82) is 0 Å². The van der Waals surface area contributed by atoms with Crippen molar-refractivity contribution >= 4 is 23.4 Å². The topological polar surface area (TPSA) is 124 Å². The van der Waals surface area contributed by atoms with E-state index < -0.39 is 12.2 Å². The van der Waals surface area contributed by atoms with E-state index in [4.69, 9.17) is 0 Å². The molecule has 3 amide bonds. The summed E-state index contributed by atoms with van der Waals surface area (Å²) < 4.78 is 16.3. The number of para-hydroxylation sites is 1. The third kappa shape index (κ3) is 18.1. The summed E-state index contributed by atoms with van der Waals surface area (Å²) in [6.45, 7) is 7.02. The summed E-state index contributed by atoms with van der Waals surface area (Å²) in [7, 11) is 1.72. The second-order valence-electron chi connectivity index (χ2n) is 16.8. The third-order valence-corrected chi connectivity index (χ3v) is 11.1. The van der Waals surface area contributed by atoms with Crippen LogP contribution in [0, 0.1) is 5.82 Å². The highest BCUT2D eigenvalue weighted by atomic mass is 19.1. The fraction of sp³-hybridized carbons (Fsp3) is 0.375. The minimum Gasteiger partial charge on any atom is -0.393 e. The number of unbranched alkanes of at least 4 members (excludes halogenated alkanes) is 1. The Balaban J connectivity index is 1.26. The van der Waals surface area contributed by atoms with Gasteiger partial charge in [-0.25, -0.2) is 4.39 Å². The number of halogens is 1. The number of rotatable bonds is 28. The summed E-state index contributed by atoms with van der Waals surface area (Å²) in [6, 6.07) is 25.0. The molecule has 0 spiro atoms. The van der Waals surface area contributed by atoms with E-state index in [1.807, 2.05) is 79.1 Å². The number of aliphatic hydroxyl groups excluding tert-OH is 2. The fourth-order valence-corrected chi connectivity index (χ4v) is 7.71. The van der Waals surface area contributed by atoms with Crippen LogP contribution in [0.25, 0.3) is 22.4 Å².